The quantitative estimate of drug-likeness (QED) is 0.881. The highest BCUT2D eigenvalue weighted by molar-refractivity contribution is 8.00. The third kappa shape index (κ3) is 2.67. The number of aromatic carboxylic acids is 1. The van der Waals surface area contributed by atoms with E-state index in [0.717, 1.165) is 18.6 Å². The Hall–Kier alpha value is -1.49. The molecule has 0 bridgehead atoms. The predicted molar refractivity (Wildman–Crippen MR) is 72.2 cm³/mol. The second kappa shape index (κ2) is 5.44. The van der Waals surface area contributed by atoms with Crippen molar-refractivity contribution < 1.29 is 14.7 Å². The van der Waals surface area contributed by atoms with Gasteiger partial charge in [0.05, 0.1) is 16.5 Å². The Morgan fingerprint density at radius 3 is 2.83 bits per heavy atom. The van der Waals surface area contributed by atoms with Crippen LogP contribution in [0.4, 0.5) is 5.69 Å². The third-order valence-electron chi connectivity index (χ3n) is 2.97. The lowest BCUT2D eigenvalue weighted by molar-refractivity contribution is -0.115. The first-order chi connectivity index (χ1) is 8.59. The van der Waals surface area contributed by atoms with Crippen molar-refractivity contribution in [1.29, 1.82) is 0 Å². The highest BCUT2D eigenvalue weighted by Gasteiger charge is 2.24. The zero-order chi connectivity index (χ0) is 13.1. The van der Waals surface area contributed by atoms with Crippen LogP contribution in [0.2, 0.25) is 0 Å². The summed E-state index contributed by atoms with van der Waals surface area (Å²) in [7, 11) is 0. The molecule has 1 heterocycles. The molecule has 2 N–H and O–H groups in total. The highest BCUT2D eigenvalue weighted by Crippen LogP contribution is 2.28. The van der Waals surface area contributed by atoms with Crippen LogP contribution in [0.1, 0.15) is 28.8 Å². The largest absolute Gasteiger partial charge is 0.478 e. The summed E-state index contributed by atoms with van der Waals surface area (Å²) < 4.78 is 0. The van der Waals surface area contributed by atoms with Crippen LogP contribution < -0.4 is 5.32 Å². The van der Waals surface area contributed by atoms with Crippen LogP contribution >= 0.6 is 11.8 Å². The standard InChI is InChI=1S/C13H15NO3S/c1-8-4-2-5-9(11(8)13(16)17)14-12(15)10-6-3-7-18-10/h2,4-5,10H,3,6-7H2,1H3,(H,14,15)(H,16,17). The van der Waals surface area contributed by atoms with Crippen molar-refractivity contribution in [3.63, 3.8) is 0 Å². The molecule has 0 aromatic heterocycles. The molecule has 1 atom stereocenters. The Labute approximate surface area is 110 Å². The first-order valence-electron chi connectivity index (χ1n) is 5.85. The van der Waals surface area contributed by atoms with Gasteiger partial charge in [0.2, 0.25) is 5.91 Å². The number of carbonyl (C=O) groups excluding carboxylic acids is 1. The number of benzene rings is 1. The van der Waals surface area contributed by atoms with E-state index in [1.54, 1.807) is 36.9 Å². The van der Waals surface area contributed by atoms with Crippen LogP contribution in [0.25, 0.3) is 0 Å². The summed E-state index contributed by atoms with van der Waals surface area (Å²) in [6.07, 6.45) is 1.91. The zero-order valence-corrected chi connectivity index (χ0v) is 10.9. The first kappa shape index (κ1) is 13.0. The van der Waals surface area contributed by atoms with Crippen LogP contribution in [-0.2, 0) is 4.79 Å². The molecule has 5 heteroatoms. The molecule has 4 nitrogen and oxygen atoms in total. The molecule has 0 saturated carbocycles. The summed E-state index contributed by atoms with van der Waals surface area (Å²) in [5.41, 5.74) is 1.22. The van der Waals surface area contributed by atoms with Crippen LogP contribution in [0, 0.1) is 6.92 Å². The van der Waals surface area contributed by atoms with Crippen LogP contribution in [0.5, 0.6) is 0 Å². The molecular weight excluding hydrogens is 250 g/mol. The van der Waals surface area contributed by atoms with Crippen molar-refractivity contribution in [2.24, 2.45) is 0 Å². The maximum atomic E-state index is 12.0. The van der Waals surface area contributed by atoms with Crippen molar-refractivity contribution in [2.45, 2.75) is 25.0 Å². The lowest BCUT2D eigenvalue weighted by Gasteiger charge is -2.13. The molecule has 1 unspecified atom stereocenters. The molecule has 18 heavy (non-hydrogen) atoms. The minimum Gasteiger partial charge on any atom is -0.478 e. The fourth-order valence-electron chi connectivity index (χ4n) is 2.05. The van der Waals surface area contributed by atoms with Gasteiger partial charge in [0.1, 0.15) is 0 Å². The molecular formula is C13H15NO3S. The van der Waals surface area contributed by atoms with E-state index in [0.29, 0.717) is 11.3 Å². The number of hydrogen-bond acceptors (Lipinski definition) is 3. The van der Waals surface area contributed by atoms with Gasteiger partial charge in [-0.05, 0) is 37.1 Å². The number of thioether (sulfide) groups is 1. The fraction of sp³-hybridized carbons (Fsp3) is 0.385. The van der Waals surface area contributed by atoms with Crippen LogP contribution in [-0.4, -0.2) is 28.0 Å². The van der Waals surface area contributed by atoms with Crippen LogP contribution in [0.15, 0.2) is 18.2 Å². The summed E-state index contributed by atoms with van der Waals surface area (Å²) in [4.78, 5) is 23.2. The Kier molecular flexibility index (Phi) is 3.91. The molecule has 0 radical (unpaired) electrons. The summed E-state index contributed by atoms with van der Waals surface area (Å²) in [6, 6.07) is 5.11. The Morgan fingerprint density at radius 2 is 2.22 bits per heavy atom. The summed E-state index contributed by atoms with van der Waals surface area (Å²) in [5, 5.41) is 11.9. The second-order valence-electron chi connectivity index (χ2n) is 4.29. The average Bonchev–Trinajstić information content (AvgIpc) is 2.81. The Bertz CT molecular complexity index is 481. The van der Waals surface area contributed by atoms with Crippen molar-refractivity contribution in [1.82, 2.24) is 0 Å². The molecule has 1 fully saturated rings. The number of nitrogens with one attached hydrogen (secondary N) is 1. The van der Waals surface area contributed by atoms with Crippen molar-refractivity contribution >= 4 is 29.3 Å². The topological polar surface area (TPSA) is 66.4 Å². The normalized spacial score (nSPS) is 18.6. The monoisotopic (exact) mass is 265 g/mol. The van der Waals surface area contributed by atoms with Gasteiger partial charge >= 0.3 is 5.97 Å². The molecule has 0 aliphatic carbocycles. The zero-order valence-electron chi connectivity index (χ0n) is 10.1. The molecule has 1 aromatic rings. The predicted octanol–water partition coefficient (Wildman–Crippen LogP) is 2.53. The van der Waals surface area contributed by atoms with Gasteiger partial charge in [0.15, 0.2) is 0 Å². The van der Waals surface area contributed by atoms with E-state index in [2.05, 4.69) is 5.32 Å². The third-order valence-corrected chi connectivity index (χ3v) is 4.34. The summed E-state index contributed by atoms with van der Waals surface area (Å²) in [5.74, 6) is -0.106. The number of rotatable bonds is 3. The van der Waals surface area contributed by atoms with Crippen molar-refractivity contribution in [2.75, 3.05) is 11.1 Å². The maximum absolute atomic E-state index is 12.0. The van der Waals surface area contributed by atoms with Gasteiger partial charge in [0, 0.05) is 0 Å². The number of anilines is 1. The maximum Gasteiger partial charge on any atom is 0.338 e. The highest BCUT2D eigenvalue weighted by atomic mass is 32.2. The van der Waals surface area contributed by atoms with Gasteiger partial charge in [-0.3, -0.25) is 4.79 Å². The number of carboxylic acid groups (broad SMARTS) is 1. The van der Waals surface area contributed by atoms with E-state index in [9.17, 15) is 9.59 Å². The lowest BCUT2D eigenvalue weighted by Crippen LogP contribution is -2.24. The Morgan fingerprint density at radius 1 is 1.44 bits per heavy atom. The van der Waals surface area contributed by atoms with Gasteiger partial charge in [-0.2, -0.15) is 0 Å². The minimum absolute atomic E-state index is 0.0489. The molecule has 1 aromatic carbocycles. The smallest absolute Gasteiger partial charge is 0.338 e. The van der Waals surface area contributed by atoms with Crippen LogP contribution in [0.3, 0.4) is 0 Å². The summed E-state index contributed by atoms with van der Waals surface area (Å²) >= 11 is 1.63. The lowest BCUT2D eigenvalue weighted by atomic mass is 10.1. The molecule has 1 aliphatic rings. The molecule has 2 rings (SSSR count). The molecule has 1 amide bonds. The van der Waals surface area contributed by atoms with Gasteiger partial charge < -0.3 is 10.4 Å². The summed E-state index contributed by atoms with van der Waals surface area (Å²) in [6.45, 7) is 1.73. The Balaban J connectivity index is 2.20. The molecule has 0 spiro atoms. The van der Waals surface area contributed by atoms with E-state index in [4.69, 9.17) is 5.11 Å². The van der Waals surface area contributed by atoms with Gasteiger partial charge in [-0.15, -0.1) is 11.8 Å². The number of aryl methyl sites for hydroxylation is 1. The molecule has 96 valence electrons. The number of carbonyl (C=O) groups is 2. The fourth-order valence-corrected chi connectivity index (χ4v) is 3.21. The molecule has 1 saturated heterocycles. The van der Waals surface area contributed by atoms with E-state index in [1.165, 1.54) is 0 Å². The number of carboxylic acids is 1. The molecule has 1 aliphatic heterocycles. The van der Waals surface area contributed by atoms with Crippen molar-refractivity contribution in [3.8, 4) is 0 Å². The minimum atomic E-state index is -1.01. The number of amides is 1. The number of hydrogen-bond donors (Lipinski definition) is 2. The van der Waals surface area contributed by atoms with E-state index < -0.39 is 5.97 Å². The van der Waals surface area contributed by atoms with E-state index in [-0.39, 0.29) is 16.7 Å². The van der Waals surface area contributed by atoms with Gasteiger partial charge in [0.25, 0.3) is 0 Å². The van der Waals surface area contributed by atoms with E-state index >= 15 is 0 Å². The van der Waals surface area contributed by atoms with Gasteiger partial charge in [-0.1, -0.05) is 12.1 Å². The first-order valence-corrected chi connectivity index (χ1v) is 6.90. The van der Waals surface area contributed by atoms with E-state index in [1.807, 2.05) is 0 Å². The van der Waals surface area contributed by atoms with Crippen molar-refractivity contribution in [3.05, 3.63) is 29.3 Å². The van der Waals surface area contributed by atoms with Gasteiger partial charge in [-0.25, -0.2) is 4.79 Å². The SMILES string of the molecule is Cc1cccc(NC(=O)C2CCCS2)c1C(=O)O. The second-order valence-corrected chi connectivity index (χ2v) is 5.60. The average molecular weight is 265 g/mol.